The molecule has 2 saturated heterocycles. The predicted octanol–water partition coefficient (Wildman–Crippen LogP) is 3.20. The first-order valence-electron chi connectivity index (χ1n) is 11.1. The summed E-state index contributed by atoms with van der Waals surface area (Å²) >= 11 is 1.63. The fraction of sp³-hybridized carbons (Fsp3) is 0.609. The molecular formula is C23H33N5OS. The topological polar surface area (TPSA) is 54.3 Å². The fourth-order valence-corrected chi connectivity index (χ4v) is 5.38. The highest BCUT2D eigenvalue weighted by atomic mass is 32.2. The van der Waals surface area contributed by atoms with Gasteiger partial charge in [0.25, 0.3) is 0 Å². The first-order chi connectivity index (χ1) is 14.6. The quantitative estimate of drug-likeness (QED) is 0.663. The monoisotopic (exact) mass is 427 g/mol. The predicted molar refractivity (Wildman–Crippen MR) is 121 cm³/mol. The van der Waals surface area contributed by atoms with Crippen molar-refractivity contribution in [1.29, 1.82) is 0 Å². The summed E-state index contributed by atoms with van der Waals surface area (Å²) in [7, 11) is 2.05. The number of thioether (sulfide) groups is 1. The maximum atomic E-state index is 12.9. The first kappa shape index (κ1) is 21.4. The van der Waals surface area contributed by atoms with Gasteiger partial charge in [0, 0.05) is 32.6 Å². The van der Waals surface area contributed by atoms with Gasteiger partial charge in [-0.05, 0) is 56.4 Å². The Hall–Kier alpha value is -1.86. The molecule has 6 nitrogen and oxygen atoms in total. The Morgan fingerprint density at radius 3 is 2.57 bits per heavy atom. The molecule has 162 valence electrons. The van der Waals surface area contributed by atoms with Gasteiger partial charge in [0.2, 0.25) is 5.91 Å². The molecular weight excluding hydrogens is 394 g/mol. The third-order valence-electron chi connectivity index (χ3n) is 6.62. The van der Waals surface area contributed by atoms with Crippen molar-refractivity contribution in [2.75, 3.05) is 39.0 Å². The zero-order valence-electron chi connectivity index (χ0n) is 18.2. The summed E-state index contributed by atoms with van der Waals surface area (Å²) in [6.45, 7) is 4.23. The van der Waals surface area contributed by atoms with E-state index in [2.05, 4.69) is 54.9 Å². The van der Waals surface area contributed by atoms with E-state index in [9.17, 15) is 4.79 Å². The second-order valence-corrected chi connectivity index (χ2v) is 9.47. The molecule has 0 radical (unpaired) electrons. The lowest BCUT2D eigenvalue weighted by Gasteiger charge is -2.36. The van der Waals surface area contributed by atoms with Crippen LogP contribution in [0.2, 0.25) is 0 Å². The van der Waals surface area contributed by atoms with Crippen LogP contribution >= 0.6 is 11.8 Å². The Morgan fingerprint density at radius 1 is 1.10 bits per heavy atom. The van der Waals surface area contributed by atoms with E-state index in [0.717, 1.165) is 69.3 Å². The van der Waals surface area contributed by atoms with Gasteiger partial charge in [0.05, 0.1) is 6.54 Å². The second kappa shape index (κ2) is 9.96. The molecule has 3 heterocycles. The van der Waals surface area contributed by atoms with Crippen molar-refractivity contribution < 1.29 is 4.79 Å². The Bertz CT molecular complexity index is 831. The zero-order chi connectivity index (χ0) is 20.9. The number of carbonyl (C=O) groups excluding carboxylic acids is 1. The van der Waals surface area contributed by atoms with E-state index in [1.54, 1.807) is 11.8 Å². The Morgan fingerprint density at radius 2 is 1.87 bits per heavy atom. The molecule has 1 amide bonds. The third kappa shape index (κ3) is 5.06. The number of amides is 1. The number of nitrogens with zero attached hydrogens (tertiary/aromatic N) is 5. The number of rotatable bonds is 6. The van der Waals surface area contributed by atoms with Crippen LogP contribution in [0.25, 0.3) is 0 Å². The van der Waals surface area contributed by atoms with E-state index in [0.29, 0.717) is 18.4 Å². The molecule has 1 aromatic carbocycles. The average Bonchev–Trinajstić information content (AvgIpc) is 3.15. The molecule has 0 aliphatic carbocycles. The minimum atomic E-state index is 0.288. The van der Waals surface area contributed by atoms with Crippen molar-refractivity contribution >= 4 is 17.7 Å². The maximum absolute atomic E-state index is 12.9. The average molecular weight is 428 g/mol. The fourth-order valence-electron chi connectivity index (χ4n) is 4.89. The molecule has 1 unspecified atom stereocenters. The minimum Gasteiger partial charge on any atom is -0.342 e. The Kier molecular flexibility index (Phi) is 7.10. The molecule has 0 saturated carbocycles. The van der Waals surface area contributed by atoms with Gasteiger partial charge in [-0.15, -0.1) is 10.2 Å². The molecule has 7 heteroatoms. The highest BCUT2D eigenvalue weighted by molar-refractivity contribution is 7.98. The Balaban J connectivity index is 1.26. The van der Waals surface area contributed by atoms with E-state index in [-0.39, 0.29) is 5.91 Å². The lowest BCUT2D eigenvalue weighted by molar-refractivity contribution is -0.134. The lowest BCUT2D eigenvalue weighted by atomic mass is 9.90. The molecule has 1 atom stereocenters. The van der Waals surface area contributed by atoms with E-state index in [1.807, 2.05) is 13.3 Å². The van der Waals surface area contributed by atoms with Crippen LogP contribution in [-0.2, 0) is 18.3 Å². The number of carbonyl (C=O) groups is 1. The van der Waals surface area contributed by atoms with Crippen LogP contribution in [0.3, 0.4) is 0 Å². The third-order valence-corrected chi connectivity index (χ3v) is 7.34. The first-order valence-corrected chi connectivity index (χ1v) is 12.3. The SMILES string of the molecule is CSc1nnc(C2CCCN(CC(=O)N3CCC(Cc4ccccc4)CC3)C2)n1C. The van der Waals surface area contributed by atoms with Crippen molar-refractivity contribution in [2.24, 2.45) is 13.0 Å². The van der Waals surface area contributed by atoms with Gasteiger partial charge in [-0.2, -0.15) is 0 Å². The number of hydrogen-bond acceptors (Lipinski definition) is 5. The molecule has 30 heavy (non-hydrogen) atoms. The Labute approximate surface area is 184 Å². The van der Waals surface area contributed by atoms with Gasteiger partial charge >= 0.3 is 0 Å². The van der Waals surface area contributed by atoms with Crippen molar-refractivity contribution in [1.82, 2.24) is 24.6 Å². The van der Waals surface area contributed by atoms with Crippen LogP contribution in [0.4, 0.5) is 0 Å². The molecule has 2 fully saturated rings. The largest absolute Gasteiger partial charge is 0.342 e. The summed E-state index contributed by atoms with van der Waals surface area (Å²) in [6.07, 6.45) is 7.61. The molecule has 4 rings (SSSR count). The highest BCUT2D eigenvalue weighted by Crippen LogP contribution is 2.27. The van der Waals surface area contributed by atoms with E-state index >= 15 is 0 Å². The van der Waals surface area contributed by atoms with E-state index in [1.165, 1.54) is 5.56 Å². The van der Waals surface area contributed by atoms with Crippen molar-refractivity contribution in [3.63, 3.8) is 0 Å². The molecule has 0 N–H and O–H groups in total. The van der Waals surface area contributed by atoms with Crippen molar-refractivity contribution in [3.8, 4) is 0 Å². The summed E-state index contributed by atoms with van der Waals surface area (Å²) in [6, 6.07) is 10.7. The van der Waals surface area contributed by atoms with Crippen LogP contribution in [-0.4, -0.2) is 69.5 Å². The van der Waals surface area contributed by atoms with Crippen LogP contribution < -0.4 is 0 Å². The summed E-state index contributed by atoms with van der Waals surface area (Å²) in [5.74, 6) is 2.40. The van der Waals surface area contributed by atoms with Crippen LogP contribution in [0.1, 0.15) is 43.0 Å². The van der Waals surface area contributed by atoms with E-state index in [4.69, 9.17) is 0 Å². The number of likely N-dealkylation sites (tertiary alicyclic amines) is 2. The lowest BCUT2D eigenvalue weighted by Crippen LogP contribution is -2.46. The standard InChI is InChI=1S/C23H33N5OS/c1-26-22(24-25-23(26)30-2)20-9-6-12-27(16-20)17-21(29)28-13-10-19(11-14-28)15-18-7-4-3-5-8-18/h3-5,7-8,19-20H,6,9-17H2,1-2H3. The molecule has 2 aliphatic heterocycles. The number of benzene rings is 1. The van der Waals surface area contributed by atoms with Gasteiger partial charge < -0.3 is 9.47 Å². The summed E-state index contributed by atoms with van der Waals surface area (Å²) < 4.78 is 2.11. The summed E-state index contributed by atoms with van der Waals surface area (Å²) in [5.41, 5.74) is 1.41. The van der Waals surface area contributed by atoms with Crippen molar-refractivity contribution in [3.05, 3.63) is 41.7 Å². The second-order valence-electron chi connectivity index (χ2n) is 8.69. The molecule has 2 aliphatic rings. The molecule has 2 aromatic rings. The highest BCUT2D eigenvalue weighted by Gasteiger charge is 2.29. The minimum absolute atomic E-state index is 0.288. The molecule has 0 spiro atoms. The molecule has 1 aromatic heterocycles. The number of hydrogen-bond donors (Lipinski definition) is 0. The zero-order valence-corrected chi connectivity index (χ0v) is 19.0. The smallest absolute Gasteiger partial charge is 0.236 e. The van der Waals surface area contributed by atoms with Crippen LogP contribution in [0.5, 0.6) is 0 Å². The van der Waals surface area contributed by atoms with Crippen LogP contribution in [0.15, 0.2) is 35.5 Å². The summed E-state index contributed by atoms with van der Waals surface area (Å²) in [5, 5.41) is 9.67. The maximum Gasteiger partial charge on any atom is 0.236 e. The normalized spacial score (nSPS) is 21.1. The van der Waals surface area contributed by atoms with Crippen LogP contribution in [0, 0.1) is 5.92 Å². The van der Waals surface area contributed by atoms with E-state index < -0.39 is 0 Å². The van der Waals surface area contributed by atoms with Gasteiger partial charge in [-0.25, -0.2) is 0 Å². The number of aromatic nitrogens is 3. The van der Waals surface area contributed by atoms with Gasteiger partial charge in [0.15, 0.2) is 5.16 Å². The molecule has 0 bridgehead atoms. The van der Waals surface area contributed by atoms with Gasteiger partial charge in [-0.3, -0.25) is 9.69 Å². The van der Waals surface area contributed by atoms with Gasteiger partial charge in [0.1, 0.15) is 5.82 Å². The summed E-state index contributed by atoms with van der Waals surface area (Å²) in [4.78, 5) is 17.3. The van der Waals surface area contributed by atoms with Crippen molar-refractivity contribution in [2.45, 2.75) is 43.2 Å². The van der Waals surface area contributed by atoms with Gasteiger partial charge in [-0.1, -0.05) is 42.1 Å². The number of piperidine rings is 2.